The summed E-state index contributed by atoms with van der Waals surface area (Å²) < 4.78 is 27.8. The van der Waals surface area contributed by atoms with Gasteiger partial charge in [-0.25, -0.2) is 8.42 Å². The van der Waals surface area contributed by atoms with Gasteiger partial charge in [0, 0.05) is 26.0 Å². The molecule has 0 aliphatic carbocycles. The number of hydrogen-bond donors (Lipinski definition) is 0. The number of nitrogens with zero attached hydrogens (tertiary/aromatic N) is 3. The molecule has 0 aliphatic rings. The molecule has 2 rings (SSSR count). The number of benzene rings is 1. The Morgan fingerprint density at radius 1 is 1.25 bits per heavy atom. The third-order valence-electron chi connectivity index (χ3n) is 2.79. The SMILES string of the molecule is CN(CCn1cccn1)S(=O)(=O)c1c(Cl)cccc1Cl. The monoisotopic (exact) mass is 333 g/mol. The van der Waals surface area contributed by atoms with Crippen LogP contribution in [0.5, 0.6) is 0 Å². The van der Waals surface area contributed by atoms with Crippen LogP contribution in [0, 0.1) is 0 Å². The van der Waals surface area contributed by atoms with E-state index in [4.69, 9.17) is 23.2 Å². The molecule has 0 unspecified atom stereocenters. The molecule has 0 fully saturated rings. The highest BCUT2D eigenvalue weighted by molar-refractivity contribution is 7.89. The molecule has 5 nitrogen and oxygen atoms in total. The molecule has 0 saturated carbocycles. The Morgan fingerprint density at radius 2 is 1.90 bits per heavy atom. The van der Waals surface area contributed by atoms with Crippen LogP contribution in [0.4, 0.5) is 0 Å². The number of sulfonamides is 1. The lowest BCUT2D eigenvalue weighted by Crippen LogP contribution is -2.30. The summed E-state index contributed by atoms with van der Waals surface area (Å²) in [5.74, 6) is 0. The molecule has 1 aromatic heterocycles. The predicted octanol–water partition coefficient (Wildman–Crippen LogP) is 2.51. The van der Waals surface area contributed by atoms with E-state index in [1.807, 2.05) is 0 Å². The zero-order chi connectivity index (χ0) is 14.8. The third kappa shape index (κ3) is 3.15. The smallest absolute Gasteiger partial charge is 0.245 e. The molecular weight excluding hydrogens is 321 g/mol. The van der Waals surface area contributed by atoms with Gasteiger partial charge in [0.2, 0.25) is 10.0 Å². The van der Waals surface area contributed by atoms with Gasteiger partial charge in [-0.2, -0.15) is 9.40 Å². The number of rotatable bonds is 5. The fourth-order valence-electron chi connectivity index (χ4n) is 1.68. The van der Waals surface area contributed by atoms with Crippen molar-refractivity contribution in [3.63, 3.8) is 0 Å². The highest BCUT2D eigenvalue weighted by Gasteiger charge is 2.26. The summed E-state index contributed by atoms with van der Waals surface area (Å²) in [6, 6.07) is 6.39. The Hall–Kier alpha value is -1.08. The minimum absolute atomic E-state index is 0.0636. The minimum atomic E-state index is -3.73. The highest BCUT2D eigenvalue weighted by atomic mass is 35.5. The van der Waals surface area contributed by atoms with E-state index in [9.17, 15) is 8.42 Å². The standard InChI is InChI=1S/C12H13Cl2N3O2S/c1-16(8-9-17-7-3-6-15-17)20(18,19)12-10(13)4-2-5-11(12)14/h2-7H,8-9H2,1H3. The van der Waals surface area contributed by atoms with E-state index in [1.165, 1.54) is 23.5 Å². The summed E-state index contributed by atoms with van der Waals surface area (Å²) in [4.78, 5) is -0.0636. The van der Waals surface area contributed by atoms with Gasteiger partial charge in [0.15, 0.2) is 0 Å². The number of halogens is 2. The summed E-state index contributed by atoms with van der Waals surface area (Å²) >= 11 is 11.9. The number of likely N-dealkylation sites (N-methyl/N-ethyl adjacent to an activating group) is 1. The van der Waals surface area contributed by atoms with E-state index >= 15 is 0 Å². The lowest BCUT2D eigenvalue weighted by atomic mass is 10.4. The average Bonchev–Trinajstić information content (AvgIpc) is 2.88. The van der Waals surface area contributed by atoms with Gasteiger partial charge in [0.1, 0.15) is 4.90 Å². The zero-order valence-corrected chi connectivity index (χ0v) is 13.0. The molecule has 8 heteroatoms. The van der Waals surface area contributed by atoms with Gasteiger partial charge in [-0.05, 0) is 18.2 Å². The Labute approximate surface area is 127 Å². The normalized spacial score (nSPS) is 12.0. The van der Waals surface area contributed by atoms with Gasteiger partial charge < -0.3 is 0 Å². The van der Waals surface area contributed by atoms with Crippen LogP contribution in [0.3, 0.4) is 0 Å². The predicted molar refractivity (Wildman–Crippen MR) is 78.5 cm³/mol. The van der Waals surface area contributed by atoms with Crippen LogP contribution in [0.2, 0.25) is 10.0 Å². The molecule has 0 spiro atoms. The van der Waals surface area contributed by atoms with Gasteiger partial charge in [-0.15, -0.1) is 0 Å². The van der Waals surface area contributed by atoms with Crippen LogP contribution in [0.15, 0.2) is 41.6 Å². The van der Waals surface area contributed by atoms with Crippen molar-refractivity contribution in [3.05, 3.63) is 46.7 Å². The summed E-state index contributed by atoms with van der Waals surface area (Å²) in [6.45, 7) is 0.719. The van der Waals surface area contributed by atoms with Crippen LogP contribution >= 0.6 is 23.2 Å². The third-order valence-corrected chi connectivity index (χ3v) is 5.60. The van der Waals surface area contributed by atoms with E-state index in [-0.39, 0.29) is 21.5 Å². The van der Waals surface area contributed by atoms with Crippen LogP contribution < -0.4 is 0 Å². The van der Waals surface area contributed by atoms with Crippen LogP contribution in [0.25, 0.3) is 0 Å². The van der Waals surface area contributed by atoms with Crippen LogP contribution in [0.1, 0.15) is 0 Å². The Balaban J connectivity index is 2.21. The van der Waals surface area contributed by atoms with E-state index < -0.39 is 10.0 Å². The molecule has 1 heterocycles. The first-order valence-corrected chi connectivity index (χ1v) is 8.00. The fraction of sp³-hybridized carbons (Fsp3) is 0.250. The van der Waals surface area contributed by atoms with Gasteiger partial charge in [0.25, 0.3) is 0 Å². The maximum atomic E-state index is 12.5. The first-order valence-electron chi connectivity index (χ1n) is 5.80. The fourth-order valence-corrected chi connectivity index (χ4v) is 3.93. The van der Waals surface area contributed by atoms with Crippen molar-refractivity contribution in [2.45, 2.75) is 11.4 Å². The van der Waals surface area contributed by atoms with Gasteiger partial charge >= 0.3 is 0 Å². The first-order chi connectivity index (χ1) is 9.43. The molecule has 2 aromatic rings. The average molecular weight is 334 g/mol. The molecule has 0 N–H and O–H groups in total. The van der Waals surface area contributed by atoms with Gasteiger partial charge in [-0.3, -0.25) is 4.68 Å². The van der Waals surface area contributed by atoms with E-state index in [1.54, 1.807) is 29.2 Å². The Kier molecular flexibility index (Phi) is 4.70. The summed E-state index contributed by atoms with van der Waals surface area (Å²) in [7, 11) is -2.24. The molecule has 0 atom stereocenters. The van der Waals surface area contributed by atoms with Crippen LogP contribution in [-0.4, -0.2) is 36.1 Å². The van der Waals surface area contributed by atoms with Gasteiger partial charge in [0.05, 0.1) is 16.6 Å². The number of hydrogen-bond acceptors (Lipinski definition) is 3. The van der Waals surface area contributed by atoms with Crippen LogP contribution in [-0.2, 0) is 16.6 Å². The second kappa shape index (κ2) is 6.13. The first kappa shape index (κ1) is 15.3. The molecule has 0 saturated heterocycles. The molecule has 20 heavy (non-hydrogen) atoms. The lowest BCUT2D eigenvalue weighted by molar-refractivity contribution is 0.433. The number of aromatic nitrogens is 2. The van der Waals surface area contributed by atoms with Crippen molar-refractivity contribution in [1.82, 2.24) is 14.1 Å². The molecule has 0 amide bonds. The van der Waals surface area contributed by atoms with Gasteiger partial charge in [-0.1, -0.05) is 29.3 Å². The Bertz CT molecular complexity index is 666. The molecule has 108 valence electrons. The Morgan fingerprint density at radius 3 is 2.45 bits per heavy atom. The molecule has 0 bridgehead atoms. The lowest BCUT2D eigenvalue weighted by Gasteiger charge is -2.18. The second-order valence-corrected chi connectivity index (χ2v) is 6.94. The quantitative estimate of drug-likeness (QED) is 0.844. The van der Waals surface area contributed by atoms with Crippen molar-refractivity contribution in [1.29, 1.82) is 0 Å². The highest BCUT2D eigenvalue weighted by Crippen LogP contribution is 2.30. The zero-order valence-electron chi connectivity index (χ0n) is 10.7. The molecule has 0 radical (unpaired) electrons. The minimum Gasteiger partial charge on any atom is -0.271 e. The summed E-state index contributed by atoms with van der Waals surface area (Å²) in [5.41, 5.74) is 0. The van der Waals surface area contributed by atoms with E-state index in [0.29, 0.717) is 6.54 Å². The maximum Gasteiger partial charge on any atom is 0.245 e. The maximum absolute atomic E-state index is 12.5. The van der Waals surface area contributed by atoms with E-state index in [2.05, 4.69) is 5.10 Å². The van der Waals surface area contributed by atoms with Crippen molar-refractivity contribution in [2.24, 2.45) is 0 Å². The second-order valence-electron chi connectivity index (χ2n) is 4.15. The molecule has 0 aliphatic heterocycles. The van der Waals surface area contributed by atoms with Crippen molar-refractivity contribution >= 4 is 33.2 Å². The van der Waals surface area contributed by atoms with Crippen molar-refractivity contribution in [3.8, 4) is 0 Å². The molecular formula is C12H13Cl2N3O2S. The largest absolute Gasteiger partial charge is 0.271 e. The molecule has 1 aromatic carbocycles. The summed E-state index contributed by atoms with van der Waals surface area (Å²) in [5, 5.41) is 4.25. The van der Waals surface area contributed by atoms with E-state index in [0.717, 1.165) is 0 Å². The topological polar surface area (TPSA) is 55.2 Å². The van der Waals surface area contributed by atoms with Crippen molar-refractivity contribution in [2.75, 3.05) is 13.6 Å². The summed E-state index contributed by atoms with van der Waals surface area (Å²) in [6.07, 6.45) is 3.41. The van der Waals surface area contributed by atoms with Crippen molar-refractivity contribution < 1.29 is 8.42 Å².